The first kappa shape index (κ1) is 23.1. The quantitative estimate of drug-likeness (QED) is 0.308. The highest BCUT2D eigenvalue weighted by Gasteiger charge is 2.28. The van der Waals surface area contributed by atoms with Crippen molar-refractivity contribution in [2.45, 2.75) is 20.3 Å². The summed E-state index contributed by atoms with van der Waals surface area (Å²) in [5.74, 6) is 1.95. The number of ether oxygens (including phenoxy) is 3. The van der Waals surface area contributed by atoms with Crippen molar-refractivity contribution in [2.75, 3.05) is 25.3 Å². The largest absolute Gasteiger partial charge is 0.493 e. The van der Waals surface area contributed by atoms with Crippen LogP contribution in [0.2, 0.25) is 0 Å². The average Bonchev–Trinajstić information content (AvgIpc) is 3.14. The molecule has 0 N–H and O–H groups in total. The molecule has 0 fully saturated rings. The maximum atomic E-state index is 12.9. The summed E-state index contributed by atoms with van der Waals surface area (Å²) in [6, 6.07) is 23.0. The van der Waals surface area contributed by atoms with E-state index in [0.717, 1.165) is 23.4 Å². The second-order valence-electron chi connectivity index (χ2n) is 7.97. The third kappa shape index (κ3) is 5.46. The van der Waals surface area contributed by atoms with Crippen molar-refractivity contribution in [3.63, 3.8) is 0 Å². The van der Waals surface area contributed by atoms with Gasteiger partial charge in [0.15, 0.2) is 11.5 Å². The number of methoxy groups -OCH3 is 1. The SMILES string of the molecule is COc1cc(/C=C2/C(=O)N(c3ccccc3)N=C2C)ccc1OCCCOc1ccc(C)cc1. The van der Waals surface area contributed by atoms with Crippen LogP contribution in [0.5, 0.6) is 17.2 Å². The molecule has 3 aromatic rings. The highest BCUT2D eigenvalue weighted by Crippen LogP contribution is 2.30. The van der Waals surface area contributed by atoms with E-state index in [9.17, 15) is 4.79 Å². The molecule has 3 aromatic carbocycles. The van der Waals surface area contributed by atoms with E-state index in [4.69, 9.17) is 14.2 Å². The molecule has 0 unspecified atom stereocenters. The van der Waals surface area contributed by atoms with Crippen LogP contribution in [-0.2, 0) is 4.79 Å². The first-order chi connectivity index (χ1) is 16.5. The Kier molecular flexibility index (Phi) is 7.28. The van der Waals surface area contributed by atoms with Gasteiger partial charge in [0.25, 0.3) is 5.91 Å². The number of nitrogens with zero attached hydrogens (tertiary/aromatic N) is 2. The number of amides is 1. The minimum Gasteiger partial charge on any atom is -0.493 e. The number of rotatable bonds is 9. The van der Waals surface area contributed by atoms with Crippen molar-refractivity contribution < 1.29 is 19.0 Å². The molecular formula is C28H28N2O4. The highest BCUT2D eigenvalue weighted by molar-refractivity contribution is 6.32. The van der Waals surface area contributed by atoms with Gasteiger partial charge in [-0.25, -0.2) is 0 Å². The molecule has 6 nitrogen and oxygen atoms in total. The summed E-state index contributed by atoms with van der Waals surface area (Å²) in [5, 5.41) is 5.85. The van der Waals surface area contributed by atoms with Crippen LogP contribution in [0, 0.1) is 6.92 Å². The molecule has 0 saturated heterocycles. The van der Waals surface area contributed by atoms with Crippen LogP contribution in [0.4, 0.5) is 5.69 Å². The fraction of sp³-hybridized carbons (Fsp3) is 0.214. The van der Waals surface area contributed by atoms with E-state index in [1.165, 1.54) is 10.6 Å². The van der Waals surface area contributed by atoms with Crippen LogP contribution in [0.15, 0.2) is 83.5 Å². The number of hydrogen-bond acceptors (Lipinski definition) is 5. The minimum atomic E-state index is -0.156. The van der Waals surface area contributed by atoms with Gasteiger partial charge in [0.1, 0.15) is 5.75 Å². The van der Waals surface area contributed by atoms with Crippen molar-refractivity contribution >= 4 is 23.4 Å². The van der Waals surface area contributed by atoms with Gasteiger partial charge >= 0.3 is 0 Å². The number of carbonyl (C=O) groups excluding carboxylic acids is 1. The van der Waals surface area contributed by atoms with Crippen LogP contribution in [-0.4, -0.2) is 31.9 Å². The molecule has 174 valence electrons. The Bertz CT molecular complexity index is 1200. The minimum absolute atomic E-state index is 0.156. The van der Waals surface area contributed by atoms with Gasteiger partial charge in [0.2, 0.25) is 0 Å². The van der Waals surface area contributed by atoms with Crippen LogP contribution < -0.4 is 19.2 Å². The summed E-state index contributed by atoms with van der Waals surface area (Å²) in [6.07, 6.45) is 2.56. The second kappa shape index (κ2) is 10.7. The summed E-state index contributed by atoms with van der Waals surface area (Å²) >= 11 is 0. The van der Waals surface area contributed by atoms with E-state index in [2.05, 4.69) is 5.10 Å². The number of aryl methyl sites for hydroxylation is 1. The third-order valence-corrected chi connectivity index (χ3v) is 5.40. The molecule has 1 aliphatic rings. The van der Waals surface area contributed by atoms with Gasteiger partial charge in [0, 0.05) is 6.42 Å². The van der Waals surface area contributed by atoms with Gasteiger partial charge in [-0.2, -0.15) is 10.1 Å². The molecule has 0 saturated carbocycles. The van der Waals surface area contributed by atoms with Crippen LogP contribution in [0.25, 0.3) is 6.08 Å². The molecule has 4 rings (SSSR count). The van der Waals surface area contributed by atoms with Crippen molar-refractivity contribution in [1.82, 2.24) is 0 Å². The zero-order valence-electron chi connectivity index (χ0n) is 19.7. The Hall–Kier alpha value is -4.06. The van der Waals surface area contributed by atoms with E-state index in [1.54, 1.807) is 7.11 Å². The third-order valence-electron chi connectivity index (χ3n) is 5.40. The molecule has 1 aliphatic heterocycles. The summed E-state index contributed by atoms with van der Waals surface area (Å²) in [6.45, 7) is 4.94. The molecular weight excluding hydrogens is 428 g/mol. The summed E-state index contributed by atoms with van der Waals surface area (Å²) in [7, 11) is 1.60. The molecule has 1 heterocycles. The lowest BCUT2D eigenvalue weighted by Crippen LogP contribution is -2.21. The van der Waals surface area contributed by atoms with Gasteiger partial charge in [0.05, 0.1) is 37.3 Å². The Morgan fingerprint density at radius 3 is 2.35 bits per heavy atom. The molecule has 0 bridgehead atoms. The standard InChI is InChI=1S/C28H28N2O4/c1-20-10-13-24(14-11-20)33-16-7-17-34-26-15-12-22(19-27(26)32-3)18-25-21(2)29-30(28(25)31)23-8-5-4-6-9-23/h4-6,8-15,18-19H,7,16-17H2,1-3H3/b25-18+. The second-order valence-corrected chi connectivity index (χ2v) is 7.97. The number of para-hydroxylation sites is 1. The lowest BCUT2D eigenvalue weighted by atomic mass is 10.1. The number of hydrogen-bond donors (Lipinski definition) is 0. The molecule has 0 radical (unpaired) electrons. The first-order valence-corrected chi connectivity index (χ1v) is 11.2. The predicted octanol–water partition coefficient (Wildman–Crippen LogP) is 5.66. The van der Waals surface area contributed by atoms with Crippen molar-refractivity contribution in [3.05, 3.63) is 89.5 Å². The zero-order chi connectivity index (χ0) is 23.9. The molecule has 0 aliphatic carbocycles. The van der Waals surface area contributed by atoms with E-state index in [0.29, 0.717) is 36.0 Å². The van der Waals surface area contributed by atoms with Gasteiger partial charge < -0.3 is 14.2 Å². The van der Waals surface area contributed by atoms with Crippen LogP contribution in [0.3, 0.4) is 0 Å². The zero-order valence-corrected chi connectivity index (χ0v) is 19.7. The van der Waals surface area contributed by atoms with E-state index in [1.807, 2.05) is 92.7 Å². The molecule has 1 amide bonds. The van der Waals surface area contributed by atoms with Gasteiger partial charge in [-0.3, -0.25) is 4.79 Å². The fourth-order valence-electron chi connectivity index (χ4n) is 3.55. The van der Waals surface area contributed by atoms with Crippen molar-refractivity contribution in [1.29, 1.82) is 0 Å². The lowest BCUT2D eigenvalue weighted by molar-refractivity contribution is -0.114. The van der Waals surface area contributed by atoms with Gasteiger partial charge in [-0.15, -0.1) is 0 Å². The van der Waals surface area contributed by atoms with E-state index >= 15 is 0 Å². The van der Waals surface area contributed by atoms with E-state index < -0.39 is 0 Å². The lowest BCUT2D eigenvalue weighted by Gasteiger charge is -2.12. The monoisotopic (exact) mass is 456 g/mol. The molecule has 6 heteroatoms. The molecule has 34 heavy (non-hydrogen) atoms. The smallest absolute Gasteiger partial charge is 0.280 e. The maximum absolute atomic E-state index is 12.9. The molecule has 0 aromatic heterocycles. The Balaban J connectivity index is 1.37. The van der Waals surface area contributed by atoms with Crippen LogP contribution in [0.1, 0.15) is 24.5 Å². The maximum Gasteiger partial charge on any atom is 0.280 e. The summed E-state index contributed by atoms with van der Waals surface area (Å²) < 4.78 is 17.2. The topological polar surface area (TPSA) is 60.4 Å². The first-order valence-electron chi connectivity index (χ1n) is 11.2. The Labute approximate surface area is 200 Å². The van der Waals surface area contributed by atoms with Gasteiger partial charge in [-0.05, 0) is 61.9 Å². The van der Waals surface area contributed by atoms with E-state index in [-0.39, 0.29) is 5.91 Å². The highest BCUT2D eigenvalue weighted by atomic mass is 16.5. The van der Waals surface area contributed by atoms with Gasteiger partial charge in [-0.1, -0.05) is 42.0 Å². The summed E-state index contributed by atoms with van der Waals surface area (Å²) in [4.78, 5) is 12.9. The summed E-state index contributed by atoms with van der Waals surface area (Å²) in [5.41, 5.74) is 3.99. The normalized spacial score (nSPS) is 14.3. The van der Waals surface area contributed by atoms with Crippen molar-refractivity contribution in [3.8, 4) is 17.2 Å². The molecule has 0 atom stereocenters. The predicted molar refractivity (Wildman–Crippen MR) is 135 cm³/mol. The van der Waals surface area contributed by atoms with Crippen molar-refractivity contribution in [2.24, 2.45) is 5.10 Å². The Morgan fingerprint density at radius 2 is 1.62 bits per heavy atom. The number of hydrazone groups is 1. The average molecular weight is 457 g/mol. The van der Waals surface area contributed by atoms with Crippen LogP contribution >= 0.6 is 0 Å². The Morgan fingerprint density at radius 1 is 0.882 bits per heavy atom. The number of carbonyl (C=O) groups is 1. The fourth-order valence-corrected chi connectivity index (χ4v) is 3.55. The number of anilines is 1. The number of benzene rings is 3. The molecule has 0 spiro atoms.